The second-order valence-electron chi connectivity index (χ2n) is 6.96. The molecule has 26 heavy (non-hydrogen) atoms. The van der Waals surface area contributed by atoms with E-state index < -0.39 is 0 Å². The van der Waals surface area contributed by atoms with E-state index in [2.05, 4.69) is 25.4 Å². The van der Waals surface area contributed by atoms with Crippen molar-refractivity contribution in [1.82, 2.24) is 30.0 Å². The molecule has 0 saturated heterocycles. The van der Waals surface area contributed by atoms with E-state index in [0.29, 0.717) is 5.56 Å². The number of carbonyl (C=O) groups excluding carboxylic acids is 1. The lowest BCUT2D eigenvalue weighted by Gasteiger charge is -2.25. The Morgan fingerprint density at radius 1 is 1.27 bits per heavy atom. The number of aromatic nitrogens is 5. The molecule has 1 unspecified atom stereocenters. The van der Waals surface area contributed by atoms with Crippen LogP contribution < -0.4 is 5.32 Å². The topological polar surface area (TPSA) is 85.6 Å². The Labute approximate surface area is 151 Å². The minimum absolute atomic E-state index is 0.0626. The van der Waals surface area contributed by atoms with Gasteiger partial charge in [-0.2, -0.15) is 5.10 Å². The number of hydrogen-bond donors (Lipinski definition) is 1. The number of nitrogens with zero attached hydrogens (tertiary/aromatic N) is 5. The van der Waals surface area contributed by atoms with E-state index in [-0.39, 0.29) is 11.9 Å². The number of nitrogens with one attached hydrogen (secondary N) is 1. The van der Waals surface area contributed by atoms with Gasteiger partial charge >= 0.3 is 0 Å². The molecule has 0 radical (unpaired) electrons. The zero-order valence-corrected chi connectivity index (χ0v) is 15.5. The molecule has 3 heterocycles. The Morgan fingerprint density at radius 2 is 2.08 bits per heavy atom. The Balaban J connectivity index is 1.72. The van der Waals surface area contributed by atoms with Crippen LogP contribution in [0.25, 0.3) is 11.0 Å². The highest BCUT2D eigenvalue weighted by Gasteiger charge is 2.25. The first kappa shape index (κ1) is 16.6. The van der Waals surface area contributed by atoms with Crippen molar-refractivity contribution in [3.63, 3.8) is 0 Å². The number of rotatable bonds is 2. The first-order valence-electron chi connectivity index (χ1n) is 8.88. The summed E-state index contributed by atoms with van der Waals surface area (Å²) in [5.41, 5.74) is 5.04. The van der Waals surface area contributed by atoms with Crippen molar-refractivity contribution in [1.29, 1.82) is 0 Å². The van der Waals surface area contributed by atoms with Crippen LogP contribution in [-0.2, 0) is 13.5 Å². The van der Waals surface area contributed by atoms with E-state index in [1.165, 1.54) is 0 Å². The monoisotopic (exact) mass is 350 g/mol. The van der Waals surface area contributed by atoms with Gasteiger partial charge in [0, 0.05) is 30.2 Å². The normalized spacial score (nSPS) is 16.5. The third-order valence-corrected chi connectivity index (χ3v) is 4.95. The fourth-order valence-corrected chi connectivity index (χ4v) is 3.78. The van der Waals surface area contributed by atoms with Gasteiger partial charge in [-0.1, -0.05) is 0 Å². The molecular formula is C19H22N6O. The van der Waals surface area contributed by atoms with Gasteiger partial charge in [0.05, 0.1) is 22.7 Å². The van der Waals surface area contributed by atoms with Gasteiger partial charge in [-0.25, -0.2) is 15.0 Å². The highest BCUT2D eigenvalue weighted by Crippen LogP contribution is 2.29. The Hall–Kier alpha value is -2.83. The molecule has 1 N–H and O–H groups in total. The molecule has 0 bridgehead atoms. The molecule has 7 nitrogen and oxygen atoms in total. The smallest absolute Gasteiger partial charge is 0.252 e. The van der Waals surface area contributed by atoms with Crippen LogP contribution >= 0.6 is 0 Å². The molecule has 1 aliphatic rings. The molecule has 3 aromatic heterocycles. The van der Waals surface area contributed by atoms with Crippen molar-refractivity contribution in [2.75, 3.05) is 0 Å². The molecule has 1 atom stereocenters. The van der Waals surface area contributed by atoms with E-state index in [1.54, 1.807) is 4.68 Å². The van der Waals surface area contributed by atoms with Crippen LogP contribution in [0.3, 0.4) is 0 Å². The number of pyridine rings is 1. The Kier molecular flexibility index (Phi) is 3.94. The van der Waals surface area contributed by atoms with Gasteiger partial charge in [0.25, 0.3) is 5.91 Å². The number of carbonyl (C=O) groups is 1. The maximum absolute atomic E-state index is 13.1. The predicted molar refractivity (Wildman–Crippen MR) is 97.9 cm³/mol. The third kappa shape index (κ3) is 2.73. The van der Waals surface area contributed by atoms with Gasteiger partial charge in [-0.15, -0.1) is 0 Å². The van der Waals surface area contributed by atoms with E-state index in [1.807, 2.05) is 40.1 Å². The van der Waals surface area contributed by atoms with Gasteiger partial charge in [0.15, 0.2) is 5.65 Å². The largest absolute Gasteiger partial charge is 0.345 e. The zero-order chi connectivity index (χ0) is 18.4. The summed E-state index contributed by atoms with van der Waals surface area (Å²) >= 11 is 0. The molecule has 0 spiro atoms. The third-order valence-electron chi connectivity index (χ3n) is 4.95. The summed E-state index contributed by atoms with van der Waals surface area (Å²) in [7, 11) is 1.85. The number of fused-ring (bicyclic) bond motifs is 2. The molecule has 1 amide bonds. The summed E-state index contributed by atoms with van der Waals surface area (Å²) in [4.78, 5) is 26.5. The van der Waals surface area contributed by atoms with Gasteiger partial charge in [0.1, 0.15) is 5.82 Å². The second kappa shape index (κ2) is 6.16. The predicted octanol–water partition coefficient (Wildman–Crippen LogP) is 2.49. The molecule has 4 rings (SSSR count). The zero-order valence-electron chi connectivity index (χ0n) is 15.5. The van der Waals surface area contributed by atoms with Crippen molar-refractivity contribution >= 4 is 16.9 Å². The molecule has 0 saturated carbocycles. The quantitative estimate of drug-likeness (QED) is 0.767. The van der Waals surface area contributed by atoms with E-state index >= 15 is 0 Å². The van der Waals surface area contributed by atoms with Crippen LogP contribution in [0.1, 0.15) is 57.7 Å². The maximum Gasteiger partial charge on any atom is 0.252 e. The minimum Gasteiger partial charge on any atom is -0.345 e. The summed E-state index contributed by atoms with van der Waals surface area (Å²) in [5.74, 6) is 0.670. The Bertz CT molecular complexity index is 1020. The lowest BCUT2D eigenvalue weighted by molar-refractivity contribution is 0.0934. The van der Waals surface area contributed by atoms with Gasteiger partial charge < -0.3 is 5.32 Å². The summed E-state index contributed by atoms with van der Waals surface area (Å²) in [6.07, 6.45) is 4.69. The molecule has 134 valence electrons. The van der Waals surface area contributed by atoms with Crippen LogP contribution in [0, 0.1) is 20.8 Å². The minimum atomic E-state index is -0.102. The lowest BCUT2D eigenvalue weighted by Crippen LogP contribution is -2.32. The molecular weight excluding hydrogens is 328 g/mol. The van der Waals surface area contributed by atoms with Crippen LogP contribution in [-0.4, -0.2) is 30.6 Å². The van der Waals surface area contributed by atoms with Gasteiger partial charge in [-0.05, 0) is 46.1 Å². The van der Waals surface area contributed by atoms with E-state index in [4.69, 9.17) is 0 Å². The molecule has 0 aromatic carbocycles. The van der Waals surface area contributed by atoms with Crippen molar-refractivity contribution in [2.24, 2.45) is 7.05 Å². The van der Waals surface area contributed by atoms with Crippen LogP contribution in [0.2, 0.25) is 0 Å². The first-order valence-corrected chi connectivity index (χ1v) is 8.88. The fourth-order valence-electron chi connectivity index (χ4n) is 3.78. The molecule has 7 heteroatoms. The summed E-state index contributed by atoms with van der Waals surface area (Å²) in [6.45, 7) is 5.69. The van der Waals surface area contributed by atoms with Crippen molar-refractivity contribution in [3.05, 3.63) is 46.3 Å². The van der Waals surface area contributed by atoms with Crippen LogP contribution in [0.15, 0.2) is 12.3 Å². The van der Waals surface area contributed by atoms with E-state index in [9.17, 15) is 4.79 Å². The highest BCUT2D eigenvalue weighted by atomic mass is 16.1. The summed E-state index contributed by atoms with van der Waals surface area (Å²) in [6, 6.07) is 1.77. The highest BCUT2D eigenvalue weighted by molar-refractivity contribution is 6.06. The number of aryl methyl sites for hydroxylation is 5. The number of amides is 1. The van der Waals surface area contributed by atoms with E-state index in [0.717, 1.165) is 58.8 Å². The Morgan fingerprint density at radius 3 is 2.88 bits per heavy atom. The maximum atomic E-state index is 13.1. The van der Waals surface area contributed by atoms with Crippen molar-refractivity contribution in [3.8, 4) is 0 Å². The van der Waals surface area contributed by atoms with Crippen molar-refractivity contribution in [2.45, 2.75) is 46.1 Å². The molecule has 0 fully saturated rings. The van der Waals surface area contributed by atoms with Crippen LogP contribution in [0.5, 0.6) is 0 Å². The molecule has 1 aliphatic carbocycles. The number of hydrogen-bond acceptors (Lipinski definition) is 5. The molecule has 3 aromatic rings. The van der Waals surface area contributed by atoms with Gasteiger partial charge in [-0.3, -0.25) is 9.48 Å². The summed E-state index contributed by atoms with van der Waals surface area (Å²) in [5, 5.41) is 8.42. The lowest BCUT2D eigenvalue weighted by atomic mass is 9.92. The second-order valence-corrected chi connectivity index (χ2v) is 6.96. The summed E-state index contributed by atoms with van der Waals surface area (Å²) < 4.78 is 1.72. The average molecular weight is 350 g/mol. The molecule has 0 aliphatic heterocycles. The van der Waals surface area contributed by atoms with Crippen LogP contribution in [0.4, 0.5) is 0 Å². The van der Waals surface area contributed by atoms with Gasteiger partial charge in [0.2, 0.25) is 0 Å². The average Bonchev–Trinajstić information content (AvgIpc) is 2.88. The standard InChI is InChI=1S/C19H22N6O/c1-10-8-13(17-11(2)24-25(4)18(17)21-10)19(26)23-16-7-5-6-15-14(16)9-20-12(3)22-15/h8-9,16H,5-7H2,1-4H3,(H,23,26). The van der Waals surface area contributed by atoms with Crippen molar-refractivity contribution < 1.29 is 4.79 Å². The fraction of sp³-hybridized carbons (Fsp3) is 0.421. The first-order chi connectivity index (χ1) is 12.4. The SMILES string of the molecule is Cc1cc(C(=O)NC2CCCc3nc(C)ncc32)c2c(C)nn(C)c2n1.